The highest BCUT2D eigenvalue weighted by atomic mass is 32.1. The Morgan fingerprint density at radius 3 is 2.35 bits per heavy atom. The summed E-state index contributed by atoms with van der Waals surface area (Å²) in [6, 6.07) is 3.63. The summed E-state index contributed by atoms with van der Waals surface area (Å²) in [5.41, 5.74) is 1.09. The molecule has 0 radical (unpaired) electrons. The molecule has 8 nitrogen and oxygen atoms in total. The normalized spacial score (nSPS) is 21.4. The maximum absolute atomic E-state index is 13.6. The van der Waals surface area contributed by atoms with Crippen molar-refractivity contribution in [3.8, 4) is 0 Å². The number of ether oxygens (including phenoxy) is 1. The van der Waals surface area contributed by atoms with Gasteiger partial charge in [-0.3, -0.25) is 14.5 Å². The molecule has 2 saturated heterocycles. The van der Waals surface area contributed by atoms with Crippen LogP contribution in [0.15, 0.2) is 23.2 Å². The van der Waals surface area contributed by atoms with Gasteiger partial charge in [0.1, 0.15) is 5.70 Å². The molecule has 4 rings (SSSR count). The minimum atomic E-state index is -0.327. The topological polar surface area (TPSA) is 73.4 Å². The highest BCUT2D eigenvalue weighted by Gasteiger charge is 2.46. The summed E-state index contributed by atoms with van der Waals surface area (Å²) < 4.78 is 5.09. The van der Waals surface area contributed by atoms with Crippen LogP contribution in [0.2, 0.25) is 0 Å². The summed E-state index contributed by atoms with van der Waals surface area (Å²) in [4.78, 5) is 47.5. The third kappa shape index (κ3) is 4.21. The van der Waals surface area contributed by atoms with Gasteiger partial charge in [-0.15, -0.1) is 11.3 Å². The standard InChI is InChI=1S/C22H30N4O4S/c1-3-23-11-13-24(14-12-23)19-18(17-6-5-15-31-17)20(27)26(21(19)28)16-7-9-25(10-8-16)22(29)30-4-2/h5-6,15-16H,3-4,7-14H2,1-2H3. The molecule has 9 heteroatoms. The molecule has 3 aliphatic heterocycles. The van der Waals surface area contributed by atoms with E-state index >= 15 is 0 Å². The molecule has 0 spiro atoms. The third-order valence-corrected chi connectivity index (χ3v) is 7.24. The molecule has 3 aliphatic rings. The van der Waals surface area contributed by atoms with Crippen LogP contribution >= 0.6 is 11.3 Å². The van der Waals surface area contributed by atoms with Crippen molar-refractivity contribution in [3.63, 3.8) is 0 Å². The smallest absolute Gasteiger partial charge is 0.409 e. The lowest BCUT2D eigenvalue weighted by Gasteiger charge is -2.37. The van der Waals surface area contributed by atoms with Crippen molar-refractivity contribution >= 4 is 34.8 Å². The first-order valence-electron chi connectivity index (χ1n) is 11.1. The minimum Gasteiger partial charge on any atom is -0.450 e. The number of hydrogen-bond donors (Lipinski definition) is 0. The predicted octanol–water partition coefficient (Wildman–Crippen LogP) is 2.09. The molecule has 168 valence electrons. The largest absolute Gasteiger partial charge is 0.450 e. The lowest BCUT2D eigenvalue weighted by Crippen LogP contribution is -2.51. The van der Waals surface area contributed by atoms with Gasteiger partial charge in [0.2, 0.25) is 0 Å². The van der Waals surface area contributed by atoms with Gasteiger partial charge in [-0.1, -0.05) is 13.0 Å². The Kier molecular flexibility index (Phi) is 6.62. The number of piperazine rings is 1. The first-order valence-corrected chi connectivity index (χ1v) is 12.0. The van der Waals surface area contributed by atoms with E-state index in [9.17, 15) is 14.4 Å². The number of amides is 3. The van der Waals surface area contributed by atoms with Crippen molar-refractivity contribution in [2.75, 3.05) is 52.4 Å². The van der Waals surface area contributed by atoms with Crippen LogP contribution in [0.3, 0.4) is 0 Å². The molecule has 0 atom stereocenters. The van der Waals surface area contributed by atoms with E-state index in [1.807, 2.05) is 17.5 Å². The number of rotatable bonds is 5. The molecule has 1 aromatic rings. The Labute approximate surface area is 187 Å². The van der Waals surface area contributed by atoms with E-state index in [4.69, 9.17) is 4.74 Å². The number of carbonyl (C=O) groups excluding carboxylic acids is 3. The molecule has 0 aromatic carbocycles. The number of thiophene rings is 1. The fraction of sp³-hybridized carbons (Fsp3) is 0.591. The summed E-state index contributed by atoms with van der Waals surface area (Å²) in [6.07, 6.45) is 0.822. The SMILES string of the molecule is CCOC(=O)N1CCC(N2C(=O)C(c3cccs3)=C(N3CCN(CC)CC3)C2=O)CC1. The van der Waals surface area contributed by atoms with Gasteiger partial charge < -0.3 is 19.4 Å². The molecule has 4 heterocycles. The summed E-state index contributed by atoms with van der Waals surface area (Å²) >= 11 is 1.49. The maximum Gasteiger partial charge on any atom is 0.409 e. The van der Waals surface area contributed by atoms with Crippen LogP contribution in [0.25, 0.3) is 5.57 Å². The van der Waals surface area contributed by atoms with Crippen LogP contribution in [0, 0.1) is 0 Å². The number of likely N-dealkylation sites (tertiary alicyclic amines) is 1. The maximum atomic E-state index is 13.6. The van der Waals surface area contributed by atoms with E-state index in [0.717, 1.165) is 37.6 Å². The molecule has 0 aliphatic carbocycles. The zero-order valence-corrected chi connectivity index (χ0v) is 19.0. The number of piperidine rings is 1. The molecule has 0 N–H and O–H groups in total. The van der Waals surface area contributed by atoms with E-state index in [-0.39, 0.29) is 23.9 Å². The van der Waals surface area contributed by atoms with Crippen LogP contribution in [0.4, 0.5) is 4.79 Å². The van der Waals surface area contributed by atoms with Gasteiger partial charge in [-0.2, -0.15) is 0 Å². The van der Waals surface area contributed by atoms with Crippen LogP contribution in [-0.4, -0.2) is 96.0 Å². The highest BCUT2D eigenvalue weighted by Crippen LogP contribution is 2.37. The average Bonchev–Trinajstić information content (AvgIpc) is 3.40. The Morgan fingerprint density at radius 1 is 1.06 bits per heavy atom. The zero-order valence-electron chi connectivity index (χ0n) is 18.2. The molecule has 0 saturated carbocycles. The second kappa shape index (κ2) is 9.40. The third-order valence-electron chi connectivity index (χ3n) is 6.35. The number of carbonyl (C=O) groups is 3. The molecule has 1 aromatic heterocycles. The predicted molar refractivity (Wildman–Crippen MR) is 118 cm³/mol. The first-order chi connectivity index (χ1) is 15.0. The summed E-state index contributed by atoms with van der Waals surface area (Å²) in [6.45, 7) is 9.48. The van der Waals surface area contributed by atoms with E-state index in [2.05, 4.69) is 16.7 Å². The van der Waals surface area contributed by atoms with Gasteiger partial charge in [0, 0.05) is 50.2 Å². The van der Waals surface area contributed by atoms with Crippen molar-refractivity contribution in [2.24, 2.45) is 0 Å². The van der Waals surface area contributed by atoms with Gasteiger partial charge in [-0.05, 0) is 37.8 Å². The zero-order chi connectivity index (χ0) is 22.0. The highest BCUT2D eigenvalue weighted by molar-refractivity contribution is 7.11. The molecule has 31 heavy (non-hydrogen) atoms. The Balaban J connectivity index is 1.54. The molecule has 0 unspecified atom stereocenters. The lowest BCUT2D eigenvalue weighted by molar-refractivity contribution is -0.141. The second-order valence-electron chi connectivity index (χ2n) is 8.02. The van der Waals surface area contributed by atoms with E-state index < -0.39 is 0 Å². The second-order valence-corrected chi connectivity index (χ2v) is 8.97. The van der Waals surface area contributed by atoms with Gasteiger partial charge >= 0.3 is 6.09 Å². The van der Waals surface area contributed by atoms with E-state index in [1.54, 1.807) is 11.8 Å². The van der Waals surface area contributed by atoms with E-state index in [1.165, 1.54) is 16.2 Å². The Hall–Kier alpha value is -2.39. The average molecular weight is 447 g/mol. The van der Waals surface area contributed by atoms with Gasteiger partial charge in [0.25, 0.3) is 11.8 Å². The quantitative estimate of drug-likeness (QED) is 0.645. The fourth-order valence-corrected chi connectivity index (χ4v) is 5.37. The summed E-state index contributed by atoms with van der Waals surface area (Å²) in [7, 11) is 0. The van der Waals surface area contributed by atoms with Crippen molar-refractivity contribution in [2.45, 2.75) is 32.7 Å². The van der Waals surface area contributed by atoms with Gasteiger partial charge in [0.05, 0.1) is 12.2 Å². The van der Waals surface area contributed by atoms with Crippen molar-refractivity contribution in [1.82, 2.24) is 19.6 Å². The van der Waals surface area contributed by atoms with Crippen molar-refractivity contribution in [3.05, 3.63) is 28.1 Å². The molecular formula is C22H30N4O4S. The molecule has 3 amide bonds. The van der Waals surface area contributed by atoms with E-state index in [0.29, 0.717) is 43.8 Å². The van der Waals surface area contributed by atoms with Crippen LogP contribution in [-0.2, 0) is 14.3 Å². The monoisotopic (exact) mass is 446 g/mol. The van der Waals surface area contributed by atoms with Crippen molar-refractivity contribution in [1.29, 1.82) is 0 Å². The molecule has 2 fully saturated rings. The van der Waals surface area contributed by atoms with Gasteiger partial charge in [-0.25, -0.2) is 4.79 Å². The Bertz CT molecular complexity index is 853. The summed E-state index contributed by atoms with van der Waals surface area (Å²) in [5.74, 6) is -0.386. The number of imide groups is 1. The minimum absolute atomic E-state index is 0.187. The van der Waals surface area contributed by atoms with Crippen LogP contribution in [0.5, 0.6) is 0 Å². The van der Waals surface area contributed by atoms with Crippen molar-refractivity contribution < 1.29 is 19.1 Å². The molecular weight excluding hydrogens is 416 g/mol. The van der Waals surface area contributed by atoms with Crippen LogP contribution in [0.1, 0.15) is 31.6 Å². The van der Waals surface area contributed by atoms with Crippen LogP contribution < -0.4 is 0 Å². The first kappa shape index (κ1) is 21.8. The lowest BCUT2D eigenvalue weighted by atomic mass is 10.0. The molecule has 0 bridgehead atoms. The van der Waals surface area contributed by atoms with Gasteiger partial charge in [0.15, 0.2) is 0 Å². The number of nitrogens with zero attached hydrogens (tertiary/aromatic N) is 4. The Morgan fingerprint density at radius 2 is 1.77 bits per heavy atom. The number of hydrogen-bond acceptors (Lipinski definition) is 7. The number of likely N-dealkylation sites (N-methyl/N-ethyl adjacent to an activating group) is 1. The summed E-state index contributed by atoms with van der Waals surface area (Å²) in [5, 5.41) is 1.94. The fourth-order valence-electron chi connectivity index (χ4n) is 4.61.